The molecule has 0 aliphatic carbocycles. The molecule has 0 saturated heterocycles. The Bertz CT molecular complexity index is 689. The Balaban J connectivity index is 2.14. The first kappa shape index (κ1) is 15.7. The minimum Gasteiger partial charge on any atom is -0.341 e. The molecule has 7 nitrogen and oxygen atoms in total. The lowest BCUT2D eigenvalue weighted by Crippen LogP contribution is -2.28. The molecule has 0 unspecified atom stereocenters. The van der Waals surface area contributed by atoms with Gasteiger partial charge >= 0.3 is 0 Å². The highest BCUT2D eigenvalue weighted by Gasteiger charge is 2.29. The van der Waals surface area contributed by atoms with E-state index in [1.807, 2.05) is 42.9 Å². The molecule has 0 aliphatic heterocycles. The standard InChI is InChI=1S/C13H20N4O3S/c1-13(2,17-7-4-5-8-17)12-15-11(20-16-12)10(14)6-9-21(3,18)19/h4-5,7-8,10H,6,9,14H2,1-3H3/t10-/m0/s1. The number of hydrogen-bond donors (Lipinski definition) is 1. The van der Waals surface area contributed by atoms with Crippen molar-refractivity contribution in [1.82, 2.24) is 14.7 Å². The third kappa shape index (κ3) is 3.70. The van der Waals surface area contributed by atoms with E-state index in [1.165, 1.54) is 6.26 Å². The largest absolute Gasteiger partial charge is 0.341 e. The van der Waals surface area contributed by atoms with Gasteiger partial charge in [-0.2, -0.15) is 4.98 Å². The molecule has 0 saturated carbocycles. The van der Waals surface area contributed by atoms with Crippen LogP contribution in [0.4, 0.5) is 0 Å². The second kappa shape index (κ2) is 5.61. The molecule has 0 bridgehead atoms. The van der Waals surface area contributed by atoms with Crippen molar-refractivity contribution in [3.63, 3.8) is 0 Å². The van der Waals surface area contributed by atoms with Gasteiger partial charge in [0.25, 0.3) is 0 Å². The minimum atomic E-state index is -3.06. The summed E-state index contributed by atoms with van der Waals surface area (Å²) in [5.74, 6) is 0.754. The Kier molecular flexibility index (Phi) is 4.20. The molecular weight excluding hydrogens is 292 g/mol. The highest BCUT2D eigenvalue weighted by atomic mass is 32.2. The zero-order valence-electron chi connectivity index (χ0n) is 12.4. The van der Waals surface area contributed by atoms with Crippen LogP contribution in [0.15, 0.2) is 29.0 Å². The van der Waals surface area contributed by atoms with Crippen LogP contribution in [0.5, 0.6) is 0 Å². The van der Waals surface area contributed by atoms with Gasteiger partial charge in [0.2, 0.25) is 5.89 Å². The summed E-state index contributed by atoms with van der Waals surface area (Å²) >= 11 is 0. The molecule has 2 rings (SSSR count). The van der Waals surface area contributed by atoms with Gasteiger partial charge in [-0.1, -0.05) is 5.16 Å². The summed E-state index contributed by atoms with van der Waals surface area (Å²) in [5, 5.41) is 3.97. The summed E-state index contributed by atoms with van der Waals surface area (Å²) in [7, 11) is -3.06. The molecule has 116 valence electrons. The third-order valence-electron chi connectivity index (χ3n) is 3.36. The van der Waals surface area contributed by atoms with Crippen molar-refractivity contribution in [2.24, 2.45) is 5.73 Å². The zero-order valence-corrected chi connectivity index (χ0v) is 13.2. The summed E-state index contributed by atoms with van der Waals surface area (Å²) in [5.41, 5.74) is 5.44. The fraction of sp³-hybridized carbons (Fsp3) is 0.538. The monoisotopic (exact) mass is 312 g/mol. The molecule has 2 heterocycles. The number of sulfone groups is 1. The Morgan fingerprint density at radius 1 is 1.38 bits per heavy atom. The van der Waals surface area contributed by atoms with E-state index < -0.39 is 21.4 Å². The maximum atomic E-state index is 11.2. The molecule has 2 aromatic heterocycles. The Hall–Kier alpha value is -1.67. The molecule has 2 N–H and O–H groups in total. The second-order valence-corrected chi connectivity index (χ2v) is 7.89. The van der Waals surface area contributed by atoms with Crippen molar-refractivity contribution in [3.8, 4) is 0 Å². The molecular formula is C13H20N4O3S. The van der Waals surface area contributed by atoms with Crippen molar-refractivity contribution in [2.75, 3.05) is 12.0 Å². The predicted octanol–water partition coefficient (Wildman–Crippen LogP) is 1.09. The minimum absolute atomic E-state index is 0.00707. The van der Waals surface area contributed by atoms with Crippen molar-refractivity contribution >= 4 is 9.84 Å². The van der Waals surface area contributed by atoms with E-state index in [1.54, 1.807) is 0 Å². The van der Waals surface area contributed by atoms with Crippen LogP contribution in [-0.2, 0) is 15.4 Å². The van der Waals surface area contributed by atoms with Crippen LogP contribution in [0.25, 0.3) is 0 Å². The lowest BCUT2D eigenvalue weighted by Gasteiger charge is -2.22. The Labute approximate surface area is 124 Å². The number of aromatic nitrogens is 3. The first-order valence-electron chi connectivity index (χ1n) is 6.61. The normalized spacial score (nSPS) is 14.3. The van der Waals surface area contributed by atoms with Crippen LogP contribution < -0.4 is 5.73 Å². The van der Waals surface area contributed by atoms with Gasteiger partial charge in [-0.3, -0.25) is 0 Å². The van der Waals surface area contributed by atoms with Gasteiger partial charge in [0, 0.05) is 18.6 Å². The van der Waals surface area contributed by atoms with Crippen LogP contribution in [-0.4, -0.2) is 35.1 Å². The molecule has 0 fully saturated rings. The van der Waals surface area contributed by atoms with Gasteiger partial charge < -0.3 is 14.8 Å². The maximum absolute atomic E-state index is 11.2. The zero-order chi connectivity index (χ0) is 15.7. The number of nitrogens with two attached hydrogens (primary N) is 1. The van der Waals surface area contributed by atoms with Gasteiger partial charge in [-0.15, -0.1) is 0 Å². The molecule has 8 heteroatoms. The van der Waals surface area contributed by atoms with Crippen LogP contribution >= 0.6 is 0 Å². The summed E-state index contributed by atoms with van der Waals surface area (Å²) < 4.78 is 29.5. The second-order valence-electron chi connectivity index (χ2n) is 5.63. The topological polar surface area (TPSA) is 104 Å². The van der Waals surface area contributed by atoms with E-state index in [0.29, 0.717) is 5.82 Å². The average molecular weight is 312 g/mol. The smallest absolute Gasteiger partial charge is 0.243 e. The van der Waals surface area contributed by atoms with Gasteiger partial charge in [0.15, 0.2) is 5.82 Å². The quantitative estimate of drug-likeness (QED) is 0.856. The number of nitrogens with zero attached hydrogens (tertiary/aromatic N) is 3. The summed E-state index contributed by atoms with van der Waals surface area (Å²) in [6.07, 6.45) is 5.26. The highest BCUT2D eigenvalue weighted by Crippen LogP contribution is 2.24. The average Bonchev–Trinajstić information content (AvgIpc) is 3.05. The molecule has 1 atom stereocenters. The molecule has 0 amide bonds. The number of rotatable bonds is 6. The van der Waals surface area contributed by atoms with Gasteiger partial charge in [-0.25, -0.2) is 8.42 Å². The fourth-order valence-corrected chi connectivity index (χ4v) is 2.60. The lowest BCUT2D eigenvalue weighted by molar-refractivity contribution is 0.330. The van der Waals surface area contributed by atoms with Crippen LogP contribution in [0.1, 0.15) is 38.0 Å². The van der Waals surface area contributed by atoms with Crippen molar-refractivity contribution in [1.29, 1.82) is 0 Å². The summed E-state index contributed by atoms with van der Waals surface area (Å²) in [6, 6.07) is 3.25. The Morgan fingerprint density at radius 3 is 2.57 bits per heavy atom. The first-order valence-corrected chi connectivity index (χ1v) is 8.67. The van der Waals surface area contributed by atoms with Crippen LogP contribution in [0.3, 0.4) is 0 Å². The van der Waals surface area contributed by atoms with E-state index in [0.717, 1.165) is 0 Å². The van der Waals surface area contributed by atoms with Gasteiger partial charge in [0.05, 0.1) is 11.8 Å². The number of hydrogen-bond acceptors (Lipinski definition) is 6. The van der Waals surface area contributed by atoms with E-state index in [-0.39, 0.29) is 18.1 Å². The van der Waals surface area contributed by atoms with Gasteiger partial charge in [-0.05, 0) is 32.4 Å². The van der Waals surface area contributed by atoms with E-state index in [9.17, 15) is 8.42 Å². The van der Waals surface area contributed by atoms with Crippen molar-refractivity contribution in [2.45, 2.75) is 31.8 Å². The van der Waals surface area contributed by atoms with Gasteiger partial charge in [0.1, 0.15) is 15.4 Å². The lowest BCUT2D eigenvalue weighted by atomic mass is 10.1. The molecule has 0 aromatic carbocycles. The summed E-state index contributed by atoms with van der Waals surface area (Å²) in [6.45, 7) is 3.92. The molecule has 0 radical (unpaired) electrons. The molecule has 0 aliphatic rings. The maximum Gasteiger partial charge on any atom is 0.243 e. The first-order chi connectivity index (χ1) is 9.70. The third-order valence-corrected chi connectivity index (χ3v) is 4.33. The van der Waals surface area contributed by atoms with Crippen LogP contribution in [0, 0.1) is 0 Å². The van der Waals surface area contributed by atoms with Crippen molar-refractivity contribution in [3.05, 3.63) is 36.2 Å². The molecule has 0 spiro atoms. The SMILES string of the molecule is CC(C)(c1noc([C@@H](N)CCS(C)(=O)=O)n1)n1cccc1. The van der Waals surface area contributed by atoms with E-state index in [4.69, 9.17) is 10.3 Å². The Morgan fingerprint density at radius 2 is 2.00 bits per heavy atom. The molecule has 2 aromatic rings. The van der Waals surface area contributed by atoms with Crippen molar-refractivity contribution < 1.29 is 12.9 Å². The fourth-order valence-electron chi connectivity index (χ4n) is 1.92. The highest BCUT2D eigenvalue weighted by molar-refractivity contribution is 7.90. The molecule has 21 heavy (non-hydrogen) atoms. The summed E-state index contributed by atoms with van der Waals surface area (Å²) in [4.78, 5) is 4.32. The predicted molar refractivity (Wildman–Crippen MR) is 78.4 cm³/mol. The van der Waals surface area contributed by atoms with E-state index in [2.05, 4.69) is 10.1 Å². The van der Waals surface area contributed by atoms with Crippen LogP contribution in [0.2, 0.25) is 0 Å². The van der Waals surface area contributed by atoms with E-state index >= 15 is 0 Å².